The zero-order valence-electron chi connectivity index (χ0n) is 19.1. The molecule has 1 aromatic carbocycles. The van der Waals surface area contributed by atoms with Gasteiger partial charge >= 0.3 is 5.56 Å². The summed E-state index contributed by atoms with van der Waals surface area (Å²) >= 11 is 0. The first kappa shape index (κ1) is 21.6. The minimum absolute atomic E-state index is 0.00678. The average Bonchev–Trinajstić information content (AvgIpc) is 2.71. The lowest BCUT2D eigenvalue weighted by molar-refractivity contribution is 0.0636. The lowest BCUT2D eigenvalue weighted by Crippen LogP contribution is -2.47. The summed E-state index contributed by atoms with van der Waals surface area (Å²) < 4.78 is 1.80. The van der Waals surface area contributed by atoms with Gasteiger partial charge < -0.3 is 14.6 Å². The molecular formula is C25H33N3O3. The van der Waals surface area contributed by atoms with Crippen molar-refractivity contribution in [1.29, 1.82) is 0 Å². The van der Waals surface area contributed by atoms with Crippen LogP contribution in [0.1, 0.15) is 79.0 Å². The molecule has 2 aliphatic rings. The van der Waals surface area contributed by atoms with Gasteiger partial charge in [0.2, 0.25) is 5.75 Å². The Balaban J connectivity index is 1.83. The van der Waals surface area contributed by atoms with Crippen LogP contribution in [0.4, 0.5) is 0 Å². The fraction of sp³-hybridized carbons (Fsp3) is 0.560. The second kappa shape index (κ2) is 8.13. The number of amides is 1. The van der Waals surface area contributed by atoms with Crippen molar-refractivity contribution in [2.45, 2.75) is 84.2 Å². The highest BCUT2D eigenvalue weighted by Crippen LogP contribution is 2.43. The number of rotatable bonds is 4. The number of hydrogen-bond acceptors (Lipinski definition) is 4. The standard InChI is InChI=1S/C25H33N3O3/c1-16(2)27-10-11-28-20(26-23(30)22(29)21(28)24(27)31)15-25(8-6-5-7-9-25)19-13-17(3)12-18(4)14-19/h12-14,16,29H,5-11,15H2,1-4H3. The van der Waals surface area contributed by atoms with E-state index in [0.29, 0.717) is 25.3 Å². The molecule has 166 valence electrons. The first-order valence-corrected chi connectivity index (χ1v) is 11.4. The molecule has 0 atom stereocenters. The molecule has 31 heavy (non-hydrogen) atoms. The Hall–Kier alpha value is -2.63. The number of hydrogen-bond donors (Lipinski definition) is 1. The first-order chi connectivity index (χ1) is 14.7. The van der Waals surface area contributed by atoms with E-state index in [9.17, 15) is 14.7 Å². The van der Waals surface area contributed by atoms with Crippen LogP contribution in [0.3, 0.4) is 0 Å². The third kappa shape index (κ3) is 3.88. The summed E-state index contributed by atoms with van der Waals surface area (Å²) in [5.41, 5.74) is 3.06. The number of benzene rings is 1. The Morgan fingerprint density at radius 1 is 1.03 bits per heavy atom. The van der Waals surface area contributed by atoms with Crippen LogP contribution in [0, 0.1) is 13.8 Å². The van der Waals surface area contributed by atoms with Crippen molar-refractivity contribution in [3.8, 4) is 5.75 Å². The van der Waals surface area contributed by atoms with Crippen molar-refractivity contribution in [2.75, 3.05) is 6.54 Å². The number of nitrogens with zero attached hydrogens (tertiary/aromatic N) is 3. The SMILES string of the molecule is Cc1cc(C)cc(C2(Cc3nc(=O)c(O)c4n3CCN(C(C)C)C4=O)CCCCC2)c1. The molecule has 0 radical (unpaired) electrons. The van der Waals surface area contributed by atoms with Gasteiger partial charge in [-0.3, -0.25) is 9.59 Å². The minimum atomic E-state index is -0.702. The van der Waals surface area contributed by atoms with E-state index >= 15 is 0 Å². The van der Waals surface area contributed by atoms with E-state index < -0.39 is 11.3 Å². The van der Waals surface area contributed by atoms with Crippen molar-refractivity contribution in [3.63, 3.8) is 0 Å². The van der Waals surface area contributed by atoms with E-state index in [4.69, 9.17) is 0 Å². The van der Waals surface area contributed by atoms with Gasteiger partial charge in [0.15, 0.2) is 5.69 Å². The summed E-state index contributed by atoms with van der Waals surface area (Å²) in [6.07, 6.45) is 6.18. The number of carbonyl (C=O) groups is 1. The van der Waals surface area contributed by atoms with E-state index in [2.05, 4.69) is 37.0 Å². The lowest BCUT2D eigenvalue weighted by atomic mass is 9.66. The van der Waals surface area contributed by atoms with Gasteiger partial charge in [-0.2, -0.15) is 4.98 Å². The molecule has 0 saturated heterocycles. The van der Waals surface area contributed by atoms with Crippen molar-refractivity contribution in [1.82, 2.24) is 14.5 Å². The molecular weight excluding hydrogens is 390 g/mol. The second-order valence-electron chi connectivity index (χ2n) is 9.67. The zero-order chi connectivity index (χ0) is 22.3. The summed E-state index contributed by atoms with van der Waals surface area (Å²) in [4.78, 5) is 31.7. The molecule has 4 rings (SSSR count). The van der Waals surface area contributed by atoms with E-state index in [-0.39, 0.29) is 23.1 Å². The molecule has 1 amide bonds. The second-order valence-corrected chi connectivity index (χ2v) is 9.67. The van der Waals surface area contributed by atoms with Crippen LogP contribution in [-0.2, 0) is 18.4 Å². The Labute approximate surface area is 183 Å². The molecule has 0 unspecified atom stereocenters. The Bertz CT molecular complexity index is 1040. The number of fused-ring (bicyclic) bond motifs is 1. The molecule has 1 aliphatic carbocycles. The highest BCUT2D eigenvalue weighted by molar-refractivity contribution is 5.95. The summed E-state index contributed by atoms with van der Waals surface area (Å²) in [6.45, 7) is 9.23. The van der Waals surface area contributed by atoms with Gasteiger partial charge in [0.1, 0.15) is 5.82 Å². The maximum atomic E-state index is 13.1. The smallest absolute Gasteiger partial charge is 0.315 e. The maximum absolute atomic E-state index is 13.1. The van der Waals surface area contributed by atoms with Gasteiger partial charge in [-0.15, -0.1) is 0 Å². The van der Waals surface area contributed by atoms with Gasteiger partial charge in [-0.05, 0) is 46.1 Å². The third-order valence-corrected chi connectivity index (χ3v) is 7.03. The van der Waals surface area contributed by atoms with Crippen LogP contribution in [0.5, 0.6) is 5.75 Å². The number of aromatic nitrogens is 2. The molecule has 0 bridgehead atoms. The van der Waals surface area contributed by atoms with E-state index in [1.807, 2.05) is 13.8 Å². The Morgan fingerprint density at radius 3 is 2.29 bits per heavy atom. The Kier molecular flexibility index (Phi) is 5.67. The molecule has 1 fully saturated rings. The number of carbonyl (C=O) groups excluding carboxylic acids is 1. The van der Waals surface area contributed by atoms with Gasteiger partial charge in [0, 0.05) is 31.0 Å². The largest absolute Gasteiger partial charge is 0.501 e. The van der Waals surface area contributed by atoms with Crippen molar-refractivity contribution in [3.05, 3.63) is 56.8 Å². The third-order valence-electron chi connectivity index (χ3n) is 7.03. The van der Waals surface area contributed by atoms with Crippen molar-refractivity contribution < 1.29 is 9.90 Å². The molecule has 1 aliphatic heterocycles. The van der Waals surface area contributed by atoms with Crippen LogP contribution in [0.15, 0.2) is 23.0 Å². The van der Waals surface area contributed by atoms with Crippen LogP contribution in [-0.4, -0.2) is 38.1 Å². The molecule has 1 N–H and O–H groups in total. The maximum Gasteiger partial charge on any atom is 0.315 e. The van der Waals surface area contributed by atoms with Gasteiger partial charge in [0.25, 0.3) is 5.91 Å². The molecule has 1 aromatic heterocycles. The molecule has 2 aromatic rings. The molecule has 6 nitrogen and oxygen atoms in total. The monoisotopic (exact) mass is 423 g/mol. The van der Waals surface area contributed by atoms with Crippen LogP contribution in [0.2, 0.25) is 0 Å². The number of aromatic hydroxyl groups is 1. The number of aryl methyl sites for hydroxylation is 2. The summed E-state index contributed by atoms with van der Waals surface area (Å²) in [5, 5.41) is 10.5. The molecule has 1 saturated carbocycles. The highest BCUT2D eigenvalue weighted by Gasteiger charge is 2.38. The summed E-state index contributed by atoms with van der Waals surface area (Å²) in [6, 6.07) is 6.72. The van der Waals surface area contributed by atoms with E-state index in [1.54, 1.807) is 9.47 Å². The zero-order valence-corrected chi connectivity index (χ0v) is 19.1. The quantitative estimate of drug-likeness (QED) is 0.810. The lowest BCUT2D eigenvalue weighted by Gasteiger charge is -2.40. The topological polar surface area (TPSA) is 75.4 Å². The normalized spacial score (nSPS) is 18.4. The van der Waals surface area contributed by atoms with Gasteiger partial charge in [0.05, 0.1) is 0 Å². The van der Waals surface area contributed by atoms with Gasteiger partial charge in [-0.1, -0.05) is 48.6 Å². The average molecular weight is 424 g/mol. The predicted molar refractivity (Wildman–Crippen MR) is 121 cm³/mol. The van der Waals surface area contributed by atoms with Crippen LogP contribution in [0.25, 0.3) is 0 Å². The fourth-order valence-corrected chi connectivity index (χ4v) is 5.50. The molecule has 2 heterocycles. The minimum Gasteiger partial charge on any atom is -0.501 e. The molecule has 6 heteroatoms. The fourth-order valence-electron chi connectivity index (χ4n) is 5.50. The van der Waals surface area contributed by atoms with Crippen LogP contribution >= 0.6 is 0 Å². The van der Waals surface area contributed by atoms with Crippen molar-refractivity contribution >= 4 is 5.91 Å². The summed E-state index contributed by atoms with van der Waals surface area (Å²) in [5.74, 6) is -0.192. The molecule has 0 spiro atoms. The van der Waals surface area contributed by atoms with Gasteiger partial charge in [-0.25, -0.2) is 0 Å². The predicted octanol–water partition coefficient (Wildman–Crippen LogP) is 3.87. The highest BCUT2D eigenvalue weighted by atomic mass is 16.3. The van der Waals surface area contributed by atoms with Crippen LogP contribution < -0.4 is 5.56 Å². The first-order valence-electron chi connectivity index (χ1n) is 11.4. The van der Waals surface area contributed by atoms with E-state index in [0.717, 1.165) is 25.7 Å². The van der Waals surface area contributed by atoms with Crippen molar-refractivity contribution in [2.24, 2.45) is 0 Å². The van der Waals surface area contributed by atoms with E-state index in [1.165, 1.54) is 23.1 Å². The summed E-state index contributed by atoms with van der Waals surface area (Å²) in [7, 11) is 0. The Morgan fingerprint density at radius 2 is 1.68 bits per heavy atom.